The van der Waals surface area contributed by atoms with Crippen LogP contribution in [0.4, 0.5) is 0 Å². The smallest absolute Gasteiger partial charge is 0.311 e. The van der Waals surface area contributed by atoms with Gasteiger partial charge in [-0.2, -0.15) is 0 Å². The van der Waals surface area contributed by atoms with Crippen molar-refractivity contribution in [2.24, 2.45) is 5.41 Å². The van der Waals surface area contributed by atoms with Gasteiger partial charge in [-0.15, -0.1) is 12.4 Å². The Morgan fingerprint density at radius 3 is 1.22 bits per heavy atom. The number of unbranched alkanes of at least 4 members (excludes halogenated alkanes) is 25. The van der Waals surface area contributed by atoms with Crippen LogP contribution >= 0.6 is 12.4 Å². The van der Waals surface area contributed by atoms with E-state index in [0.717, 1.165) is 38.5 Å². The predicted molar refractivity (Wildman–Crippen MR) is 200 cm³/mol. The zero-order chi connectivity index (χ0) is 31.7. The number of carbonyl (C=O) groups is 2. The van der Waals surface area contributed by atoms with Crippen LogP contribution in [0.5, 0.6) is 0 Å². The van der Waals surface area contributed by atoms with Gasteiger partial charge in [-0.05, 0) is 39.5 Å². The first kappa shape index (κ1) is 48.6. The Kier molecular flexibility index (Phi) is 40.6. The Morgan fingerprint density at radius 2 is 0.844 bits per heavy atom. The molecule has 0 aromatic heterocycles. The van der Waals surface area contributed by atoms with Crippen molar-refractivity contribution in [3.8, 4) is 0 Å². The van der Waals surface area contributed by atoms with Gasteiger partial charge in [0, 0.05) is 13.0 Å². The van der Waals surface area contributed by atoms with Crippen molar-refractivity contribution < 1.29 is 14.3 Å². The maximum absolute atomic E-state index is 12.6. The molecule has 0 aliphatic rings. The van der Waals surface area contributed by atoms with Crippen LogP contribution in [0, 0.1) is 5.41 Å². The second-order valence-electron chi connectivity index (χ2n) is 14.1. The maximum atomic E-state index is 12.6. The van der Waals surface area contributed by atoms with E-state index >= 15 is 0 Å². The monoisotopic (exact) mass is 661 g/mol. The molecule has 0 unspecified atom stereocenters. The molecule has 0 spiro atoms. The lowest BCUT2D eigenvalue weighted by atomic mass is 9.88. The average molecular weight is 662 g/mol. The van der Waals surface area contributed by atoms with Crippen molar-refractivity contribution in [3.05, 3.63) is 0 Å². The summed E-state index contributed by atoms with van der Waals surface area (Å²) in [7, 11) is 0. The van der Waals surface area contributed by atoms with E-state index in [-0.39, 0.29) is 30.4 Å². The highest BCUT2D eigenvalue weighted by Crippen LogP contribution is 2.24. The third-order valence-electron chi connectivity index (χ3n) is 9.09. The van der Waals surface area contributed by atoms with Gasteiger partial charge < -0.3 is 16.2 Å². The van der Waals surface area contributed by atoms with E-state index in [2.05, 4.69) is 19.2 Å². The molecular weight excluding hydrogens is 580 g/mol. The van der Waals surface area contributed by atoms with Crippen molar-refractivity contribution in [3.63, 3.8) is 0 Å². The number of carbonyl (C=O) groups excluding carboxylic acids is 2. The van der Waals surface area contributed by atoms with Gasteiger partial charge in [0.1, 0.15) is 0 Å². The molecule has 1 amide bonds. The lowest BCUT2D eigenvalue weighted by Crippen LogP contribution is -2.29. The summed E-state index contributed by atoms with van der Waals surface area (Å²) in [6, 6.07) is 0. The fraction of sp³-hybridized carbons (Fsp3) is 0.949. The van der Waals surface area contributed by atoms with E-state index < -0.39 is 5.41 Å². The highest BCUT2D eigenvalue weighted by atomic mass is 35.5. The summed E-state index contributed by atoms with van der Waals surface area (Å²) >= 11 is 0. The molecule has 6 heteroatoms. The van der Waals surface area contributed by atoms with Gasteiger partial charge in [0.25, 0.3) is 0 Å². The summed E-state index contributed by atoms with van der Waals surface area (Å²) in [5, 5.41) is 3.05. The van der Waals surface area contributed by atoms with Gasteiger partial charge in [-0.3, -0.25) is 9.59 Å². The van der Waals surface area contributed by atoms with Crippen LogP contribution in [0.1, 0.15) is 220 Å². The Labute approximate surface area is 288 Å². The van der Waals surface area contributed by atoms with E-state index in [9.17, 15) is 9.59 Å². The number of amides is 1. The van der Waals surface area contributed by atoms with E-state index in [4.69, 9.17) is 4.74 Å². The molecule has 0 saturated carbocycles. The molecule has 0 fully saturated rings. The third kappa shape index (κ3) is 35.9. The molecule has 0 aromatic rings. The number of nitrogens with one attached hydrogen (secondary N) is 1. The Balaban J connectivity index is -0.00000882. The van der Waals surface area contributed by atoms with Gasteiger partial charge >= 0.3 is 5.97 Å². The molecule has 0 radical (unpaired) electrons. The lowest BCUT2D eigenvalue weighted by Gasteiger charge is -2.22. The first-order chi connectivity index (χ1) is 20.9. The summed E-state index contributed by atoms with van der Waals surface area (Å²) in [6.07, 6.45) is 38.0. The summed E-state index contributed by atoms with van der Waals surface area (Å²) < 4.78 is 5.59. The van der Waals surface area contributed by atoms with Crippen molar-refractivity contribution in [1.29, 1.82) is 0 Å². The first-order valence-corrected chi connectivity index (χ1v) is 19.4. The molecule has 0 aliphatic heterocycles. The van der Waals surface area contributed by atoms with E-state index in [1.807, 2.05) is 13.8 Å². The molecule has 0 aliphatic carbocycles. The first-order valence-electron chi connectivity index (χ1n) is 19.4. The van der Waals surface area contributed by atoms with Crippen molar-refractivity contribution in [1.82, 2.24) is 11.5 Å². The molecule has 0 atom stereocenters. The molecule has 0 aromatic carbocycles. The number of ether oxygens (including phenoxy) is 1. The largest absolute Gasteiger partial charge is 0.465 e. The van der Waals surface area contributed by atoms with Crippen LogP contribution in [-0.2, 0) is 14.3 Å². The van der Waals surface area contributed by atoms with Crippen LogP contribution in [0.3, 0.4) is 0 Å². The molecule has 5 nitrogen and oxygen atoms in total. The highest BCUT2D eigenvalue weighted by molar-refractivity contribution is 5.85. The zero-order valence-electron chi connectivity index (χ0n) is 31.0. The van der Waals surface area contributed by atoms with E-state index in [0.29, 0.717) is 19.6 Å². The third-order valence-corrected chi connectivity index (χ3v) is 9.09. The minimum absolute atomic E-state index is 0. The SMILES string of the molecule is CCCCCCCCCCCCCCCCCC(=O)NCCCC(C)(C)C(=O)OCCCCCCCCCCCCCC.Cl.N. The van der Waals surface area contributed by atoms with Crippen LogP contribution in [0.15, 0.2) is 0 Å². The second-order valence-corrected chi connectivity index (χ2v) is 14.1. The summed E-state index contributed by atoms with van der Waals surface area (Å²) in [6.45, 7) is 9.67. The fourth-order valence-electron chi connectivity index (χ4n) is 5.91. The number of hydrogen-bond acceptors (Lipinski definition) is 4. The zero-order valence-corrected chi connectivity index (χ0v) is 31.8. The van der Waals surface area contributed by atoms with Crippen LogP contribution in [0.2, 0.25) is 0 Å². The van der Waals surface area contributed by atoms with Crippen molar-refractivity contribution in [2.75, 3.05) is 13.2 Å². The van der Waals surface area contributed by atoms with Gasteiger partial charge in [0.15, 0.2) is 0 Å². The fourth-order valence-corrected chi connectivity index (χ4v) is 5.91. The number of rotatable bonds is 34. The van der Waals surface area contributed by atoms with Gasteiger partial charge in [-0.25, -0.2) is 0 Å². The highest BCUT2D eigenvalue weighted by Gasteiger charge is 2.28. The average Bonchev–Trinajstić information content (AvgIpc) is 2.99. The number of halogens is 1. The Hall–Kier alpha value is -0.810. The van der Waals surface area contributed by atoms with E-state index in [1.54, 1.807) is 0 Å². The second kappa shape index (κ2) is 37.6. The molecule has 272 valence electrons. The van der Waals surface area contributed by atoms with Crippen LogP contribution < -0.4 is 11.5 Å². The van der Waals surface area contributed by atoms with Gasteiger partial charge in [0.05, 0.1) is 12.0 Å². The summed E-state index contributed by atoms with van der Waals surface area (Å²) in [5.41, 5.74) is -0.490. The van der Waals surface area contributed by atoms with Gasteiger partial charge in [-0.1, -0.05) is 174 Å². The molecule has 0 heterocycles. The summed E-state index contributed by atoms with van der Waals surface area (Å²) in [5.74, 6) is 0.0572. The Bertz CT molecular complexity index is 615. The normalized spacial score (nSPS) is 11.1. The molecule has 0 rings (SSSR count). The minimum atomic E-state index is -0.490. The van der Waals surface area contributed by atoms with Crippen molar-refractivity contribution >= 4 is 24.3 Å². The Morgan fingerprint density at radius 1 is 0.511 bits per heavy atom. The molecule has 4 N–H and O–H groups in total. The maximum Gasteiger partial charge on any atom is 0.311 e. The predicted octanol–water partition coefficient (Wildman–Crippen LogP) is 13.0. The molecule has 45 heavy (non-hydrogen) atoms. The standard InChI is InChI=1S/C39H77NO3.ClH.H3N/c1-5-7-9-11-13-15-17-19-20-21-22-24-26-28-30-33-37(41)40-35-32-34-39(3,4)38(42)43-36-31-29-27-25-23-18-16-14-12-10-8-6-2;;/h5-36H2,1-4H3,(H,40,41);1H;1H3. The topological polar surface area (TPSA) is 90.4 Å². The van der Waals surface area contributed by atoms with Crippen LogP contribution in [0.25, 0.3) is 0 Å². The van der Waals surface area contributed by atoms with Crippen LogP contribution in [-0.4, -0.2) is 25.0 Å². The molecule has 0 saturated heterocycles. The number of hydrogen-bond donors (Lipinski definition) is 2. The van der Waals surface area contributed by atoms with E-state index in [1.165, 1.54) is 148 Å². The molecular formula is C39H81ClN2O3. The minimum Gasteiger partial charge on any atom is -0.465 e. The number of esters is 1. The quantitative estimate of drug-likeness (QED) is 0.0530. The van der Waals surface area contributed by atoms with Gasteiger partial charge in [0.2, 0.25) is 5.91 Å². The van der Waals surface area contributed by atoms with Crippen molar-refractivity contribution in [2.45, 2.75) is 220 Å². The summed E-state index contributed by atoms with van der Waals surface area (Å²) in [4.78, 5) is 24.7. The molecule has 0 bridgehead atoms. The lowest BCUT2D eigenvalue weighted by molar-refractivity contribution is -0.154.